The molecular formula is C14H12BrClN2O. The predicted molar refractivity (Wildman–Crippen MR) is 80.5 cm³/mol. The molecule has 0 aliphatic rings. The molecule has 0 radical (unpaired) electrons. The maximum Gasteiger partial charge on any atom is 0.229 e. The van der Waals surface area contributed by atoms with Gasteiger partial charge in [0.2, 0.25) is 5.91 Å². The Labute approximate surface area is 125 Å². The largest absolute Gasteiger partial charge is 0.310 e. The van der Waals surface area contributed by atoms with Crippen molar-refractivity contribution in [2.75, 3.05) is 5.32 Å². The lowest BCUT2D eigenvalue weighted by molar-refractivity contribution is -0.115. The van der Waals surface area contributed by atoms with Gasteiger partial charge in [0.05, 0.1) is 12.1 Å². The molecule has 1 heterocycles. The van der Waals surface area contributed by atoms with Crippen molar-refractivity contribution in [1.29, 1.82) is 0 Å². The number of aryl methyl sites for hydroxylation is 1. The highest BCUT2D eigenvalue weighted by molar-refractivity contribution is 9.10. The van der Waals surface area contributed by atoms with Crippen molar-refractivity contribution in [3.63, 3.8) is 0 Å². The van der Waals surface area contributed by atoms with Gasteiger partial charge < -0.3 is 5.32 Å². The van der Waals surface area contributed by atoms with E-state index >= 15 is 0 Å². The summed E-state index contributed by atoms with van der Waals surface area (Å²) in [4.78, 5) is 16.1. The summed E-state index contributed by atoms with van der Waals surface area (Å²) in [6, 6.07) is 10.8. The fourth-order valence-electron chi connectivity index (χ4n) is 1.59. The average molecular weight is 340 g/mol. The molecule has 0 spiro atoms. The minimum atomic E-state index is -0.100. The van der Waals surface area contributed by atoms with Crippen LogP contribution in [0.5, 0.6) is 0 Å². The number of carbonyl (C=O) groups is 1. The van der Waals surface area contributed by atoms with E-state index in [1.807, 2.05) is 25.1 Å². The Balaban J connectivity index is 2.01. The van der Waals surface area contributed by atoms with Gasteiger partial charge in [-0.2, -0.15) is 0 Å². The smallest absolute Gasteiger partial charge is 0.229 e. The van der Waals surface area contributed by atoms with Gasteiger partial charge in [0.1, 0.15) is 5.82 Å². The summed E-state index contributed by atoms with van der Waals surface area (Å²) in [5.74, 6) is 0.455. The van der Waals surface area contributed by atoms with Crippen LogP contribution in [0.3, 0.4) is 0 Å². The van der Waals surface area contributed by atoms with Crippen molar-refractivity contribution >= 4 is 39.3 Å². The molecule has 98 valence electrons. The van der Waals surface area contributed by atoms with Crippen molar-refractivity contribution in [2.24, 2.45) is 0 Å². The monoisotopic (exact) mass is 338 g/mol. The molecule has 0 atom stereocenters. The molecule has 3 nitrogen and oxygen atoms in total. The van der Waals surface area contributed by atoms with Gasteiger partial charge in [-0.25, -0.2) is 4.98 Å². The third kappa shape index (κ3) is 4.04. The zero-order chi connectivity index (χ0) is 13.8. The van der Waals surface area contributed by atoms with E-state index in [4.69, 9.17) is 11.6 Å². The second-order valence-electron chi connectivity index (χ2n) is 4.12. The molecule has 0 bridgehead atoms. The molecule has 5 heteroatoms. The van der Waals surface area contributed by atoms with Crippen LogP contribution in [0.1, 0.15) is 11.3 Å². The normalized spacial score (nSPS) is 10.3. The first-order valence-electron chi connectivity index (χ1n) is 5.72. The number of rotatable bonds is 3. The number of benzene rings is 1. The van der Waals surface area contributed by atoms with E-state index in [9.17, 15) is 4.79 Å². The summed E-state index contributed by atoms with van der Waals surface area (Å²) >= 11 is 9.16. The van der Waals surface area contributed by atoms with Crippen LogP contribution in [0.2, 0.25) is 5.02 Å². The van der Waals surface area contributed by atoms with Gasteiger partial charge in [0.15, 0.2) is 0 Å². The Morgan fingerprint density at radius 2 is 1.95 bits per heavy atom. The number of aromatic nitrogens is 1. The Kier molecular flexibility index (Phi) is 4.56. The van der Waals surface area contributed by atoms with E-state index in [1.165, 1.54) is 0 Å². The van der Waals surface area contributed by atoms with Crippen LogP contribution < -0.4 is 5.32 Å². The highest BCUT2D eigenvalue weighted by Gasteiger charge is 2.06. The van der Waals surface area contributed by atoms with Crippen molar-refractivity contribution in [2.45, 2.75) is 13.3 Å². The number of nitrogens with zero attached hydrogens (tertiary/aromatic N) is 1. The van der Waals surface area contributed by atoms with Gasteiger partial charge in [-0.05, 0) is 52.7 Å². The summed E-state index contributed by atoms with van der Waals surface area (Å²) in [5, 5.41) is 3.43. The molecular weight excluding hydrogens is 328 g/mol. The highest BCUT2D eigenvalue weighted by atomic mass is 79.9. The molecule has 0 aliphatic carbocycles. The topological polar surface area (TPSA) is 42.0 Å². The van der Waals surface area contributed by atoms with E-state index in [2.05, 4.69) is 26.2 Å². The lowest BCUT2D eigenvalue weighted by Crippen LogP contribution is -2.15. The lowest BCUT2D eigenvalue weighted by Gasteiger charge is -2.06. The minimum absolute atomic E-state index is 0.100. The van der Waals surface area contributed by atoms with E-state index in [0.717, 1.165) is 15.7 Å². The molecule has 0 aliphatic heterocycles. The average Bonchev–Trinajstić information content (AvgIpc) is 2.37. The number of nitrogens with one attached hydrogen (secondary N) is 1. The maximum absolute atomic E-state index is 11.9. The number of hydrogen-bond acceptors (Lipinski definition) is 2. The molecule has 2 rings (SSSR count). The number of amides is 1. The third-order valence-corrected chi connectivity index (χ3v) is 3.66. The maximum atomic E-state index is 11.9. The SMILES string of the molecule is Cc1nc(NC(=O)Cc2ccc(Cl)cc2)ccc1Br. The third-order valence-electron chi connectivity index (χ3n) is 2.57. The number of pyridine rings is 1. The van der Waals surface area contributed by atoms with Gasteiger partial charge in [0, 0.05) is 9.50 Å². The fraction of sp³-hybridized carbons (Fsp3) is 0.143. The second kappa shape index (κ2) is 6.17. The summed E-state index contributed by atoms with van der Waals surface area (Å²) in [6.45, 7) is 1.87. The zero-order valence-electron chi connectivity index (χ0n) is 10.3. The molecule has 2 aromatic rings. The lowest BCUT2D eigenvalue weighted by atomic mass is 10.1. The molecule has 1 amide bonds. The van der Waals surface area contributed by atoms with Crippen LogP contribution in [0.15, 0.2) is 40.9 Å². The number of carbonyl (C=O) groups excluding carboxylic acids is 1. The summed E-state index contributed by atoms with van der Waals surface area (Å²) in [7, 11) is 0. The summed E-state index contributed by atoms with van der Waals surface area (Å²) in [6.07, 6.45) is 0.300. The Bertz CT molecular complexity index is 599. The molecule has 0 fully saturated rings. The van der Waals surface area contributed by atoms with Gasteiger partial charge in [-0.3, -0.25) is 4.79 Å². The molecule has 0 unspecified atom stereocenters. The first-order chi connectivity index (χ1) is 9.04. The van der Waals surface area contributed by atoms with Crippen molar-refractivity contribution < 1.29 is 4.79 Å². The van der Waals surface area contributed by atoms with Crippen molar-refractivity contribution in [3.05, 3.63) is 57.2 Å². The van der Waals surface area contributed by atoms with Crippen molar-refractivity contribution in [3.8, 4) is 0 Å². The van der Waals surface area contributed by atoms with Crippen LogP contribution in [-0.2, 0) is 11.2 Å². The molecule has 0 saturated carbocycles. The number of hydrogen-bond donors (Lipinski definition) is 1. The van der Waals surface area contributed by atoms with Crippen molar-refractivity contribution in [1.82, 2.24) is 4.98 Å². The quantitative estimate of drug-likeness (QED) is 0.919. The number of anilines is 1. The summed E-state index contributed by atoms with van der Waals surface area (Å²) in [5.41, 5.74) is 1.75. The number of halogens is 2. The van der Waals surface area contributed by atoms with Crippen LogP contribution in [0.25, 0.3) is 0 Å². The first-order valence-corrected chi connectivity index (χ1v) is 6.89. The summed E-state index contributed by atoms with van der Waals surface area (Å²) < 4.78 is 0.920. The van der Waals surface area contributed by atoms with E-state index < -0.39 is 0 Å². The van der Waals surface area contributed by atoms with Gasteiger partial charge >= 0.3 is 0 Å². The molecule has 0 saturated heterocycles. The second-order valence-corrected chi connectivity index (χ2v) is 5.41. The van der Waals surface area contributed by atoms with Gasteiger partial charge in [-0.15, -0.1) is 0 Å². The first kappa shape index (κ1) is 14.0. The Morgan fingerprint density at radius 3 is 2.58 bits per heavy atom. The van der Waals surface area contributed by atoms with Crippen LogP contribution in [-0.4, -0.2) is 10.9 Å². The highest BCUT2D eigenvalue weighted by Crippen LogP contribution is 2.16. The standard InChI is InChI=1S/C14H12BrClN2O/c1-9-12(15)6-7-13(17-9)18-14(19)8-10-2-4-11(16)5-3-10/h2-7H,8H2,1H3,(H,17,18,19). The van der Waals surface area contributed by atoms with Crippen LogP contribution in [0, 0.1) is 6.92 Å². The molecule has 1 aromatic carbocycles. The Hall–Kier alpha value is -1.39. The van der Waals surface area contributed by atoms with Crippen LogP contribution in [0.4, 0.5) is 5.82 Å². The van der Waals surface area contributed by atoms with E-state index in [0.29, 0.717) is 17.3 Å². The molecule has 1 aromatic heterocycles. The minimum Gasteiger partial charge on any atom is -0.310 e. The Morgan fingerprint density at radius 1 is 1.26 bits per heavy atom. The van der Waals surface area contributed by atoms with E-state index in [1.54, 1.807) is 18.2 Å². The van der Waals surface area contributed by atoms with Gasteiger partial charge in [0.25, 0.3) is 0 Å². The molecule has 1 N–H and O–H groups in total. The van der Waals surface area contributed by atoms with Crippen LogP contribution >= 0.6 is 27.5 Å². The zero-order valence-corrected chi connectivity index (χ0v) is 12.6. The fourth-order valence-corrected chi connectivity index (χ4v) is 1.94. The van der Waals surface area contributed by atoms with E-state index in [-0.39, 0.29) is 5.91 Å². The molecule has 19 heavy (non-hydrogen) atoms. The predicted octanol–water partition coefficient (Wildman–Crippen LogP) is 3.99. The van der Waals surface area contributed by atoms with Gasteiger partial charge in [-0.1, -0.05) is 23.7 Å².